The lowest BCUT2D eigenvalue weighted by Gasteiger charge is -2.37. The van der Waals surface area contributed by atoms with E-state index in [4.69, 9.17) is 5.73 Å². The van der Waals surface area contributed by atoms with Gasteiger partial charge in [0.25, 0.3) is 0 Å². The molecule has 140 valence electrons. The molecule has 6 heteroatoms. The van der Waals surface area contributed by atoms with E-state index in [2.05, 4.69) is 16.3 Å². The molecule has 0 aromatic carbocycles. The minimum absolute atomic E-state index is 0.0225. The number of nitrogens with two attached hydrogens (primary N) is 1. The van der Waals surface area contributed by atoms with Crippen LogP contribution in [0.1, 0.15) is 70.6 Å². The summed E-state index contributed by atoms with van der Waals surface area (Å²) in [6.07, 6.45) is 10.3. The fourth-order valence-electron chi connectivity index (χ4n) is 4.04. The van der Waals surface area contributed by atoms with E-state index < -0.39 is 5.54 Å². The first-order valence-electron chi connectivity index (χ1n) is 9.76. The van der Waals surface area contributed by atoms with Gasteiger partial charge < -0.3 is 16.0 Å². The molecule has 0 radical (unpaired) electrons. The lowest BCUT2D eigenvalue weighted by Crippen LogP contribution is -2.54. The van der Waals surface area contributed by atoms with Gasteiger partial charge >= 0.3 is 0 Å². The molecule has 0 aromatic heterocycles. The van der Waals surface area contributed by atoms with Crippen LogP contribution < -0.4 is 11.1 Å². The largest absolute Gasteiger partial charge is 0.370 e. The lowest BCUT2D eigenvalue weighted by atomic mass is 9.85. The third kappa shape index (κ3) is 6.66. The van der Waals surface area contributed by atoms with Crippen molar-refractivity contribution < 1.29 is 9.59 Å². The molecule has 2 fully saturated rings. The third-order valence-electron chi connectivity index (χ3n) is 5.70. The minimum atomic E-state index is -0.718. The van der Waals surface area contributed by atoms with Crippen molar-refractivity contribution in [3.63, 3.8) is 0 Å². The number of hydrogen-bond donors (Lipinski definition) is 2. The van der Waals surface area contributed by atoms with Crippen molar-refractivity contribution in [1.29, 1.82) is 5.26 Å². The quantitative estimate of drug-likeness (QED) is 0.701. The van der Waals surface area contributed by atoms with Crippen LogP contribution in [0.25, 0.3) is 0 Å². The van der Waals surface area contributed by atoms with E-state index >= 15 is 0 Å². The van der Waals surface area contributed by atoms with Gasteiger partial charge in [0.15, 0.2) is 0 Å². The molecule has 0 aromatic rings. The van der Waals surface area contributed by atoms with Crippen LogP contribution in [0.3, 0.4) is 0 Å². The van der Waals surface area contributed by atoms with Crippen LogP contribution in [0, 0.1) is 17.2 Å². The number of primary amides is 1. The van der Waals surface area contributed by atoms with Crippen molar-refractivity contribution in [2.75, 3.05) is 19.6 Å². The maximum atomic E-state index is 12.3. The summed E-state index contributed by atoms with van der Waals surface area (Å²) in [5.74, 6) is 0.438. The Balaban J connectivity index is 1.71. The molecule has 1 saturated carbocycles. The molecule has 2 aliphatic rings. The van der Waals surface area contributed by atoms with E-state index in [0.717, 1.165) is 32.5 Å². The summed E-state index contributed by atoms with van der Waals surface area (Å²) in [7, 11) is 0. The fraction of sp³-hybridized carbons (Fsp3) is 0.842. The Bertz CT molecular complexity index is 486. The number of nitrogens with zero attached hydrogens (tertiary/aromatic N) is 2. The van der Waals surface area contributed by atoms with Gasteiger partial charge in [-0.25, -0.2) is 0 Å². The first kappa shape index (κ1) is 19.7. The standard InChI is InChI=1S/C19H32N4O2/c20-15-19(10-13-23(14-11-19)12-4-7-17(21)24)22-18(25)9-8-16-5-2-1-3-6-16/h16H,1-14H2,(H2,21,24)(H,22,25). The van der Waals surface area contributed by atoms with Crippen LogP contribution in [-0.2, 0) is 9.59 Å². The molecule has 25 heavy (non-hydrogen) atoms. The molecule has 6 nitrogen and oxygen atoms in total. The van der Waals surface area contributed by atoms with Gasteiger partial charge in [-0.3, -0.25) is 9.59 Å². The monoisotopic (exact) mass is 348 g/mol. The second-order valence-electron chi connectivity index (χ2n) is 7.70. The summed E-state index contributed by atoms with van der Waals surface area (Å²) < 4.78 is 0. The number of carbonyl (C=O) groups excluding carboxylic acids is 2. The van der Waals surface area contributed by atoms with Crippen molar-refractivity contribution in [1.82, 2.24) is 10.2 Å². The number of rotatable bonds is 8. The molecule has 1 heterocycles. The summed E-state index contributed by atoms with van der Waals surface area (Å²) >= 11 is 0. The average molecular weight is 348 g/mol. The number of nitriles is 1. The number of likely N-dealkylation sites (tertiary alicyclic amines) is 1. The Kier molecular flexibility index (Phi) is 7.70. The lowest BCUT2D eigenvalue weighted by molar-refractivity contribution is -0.123. The zero-order valence-electron chi connectivity index (χ0n) is 15.3. The Hall–Kier alpha value is -1.61. The molecule has 0 bridgehead atoms. The molecule has 2 amide bonds. The highest BCUT2D eigenvalue weighted by Gasteiger charge is 2.36. The van der Waals surface area contributed by atoms with E-state index in [-0.39, 0.29) is 11.8 Å². The third-order valence-corrected chi connectivity index (χ3v) is 5.70. The molecule has 1 aliphatic heterocycles. The topological polar surface area (TPSA) is 99.2 Å². The molecule has 0 spiro atoms. The van der Waals surface area contributed by atoms with Gasteiger partial charge in [-0.15, -0.1) is 0 Å². The fourth-order valence-corrected chi connectivity index (χ4v) is 4.04. The van der Waals surface area contributed by atoms with Crippen LogP contribution in [-0.4, -0.2) is 41.9 Å². The molecular formula is C19H32N4O2. The van der Waals surface area contributed by atoms with Gasteiger partial charge in [0.2, 0.25) is 11.8 Å². The molecule has 0 unspecified atom stereocenters. The number of carbonyl (C=O) groups is 2. The normalized spacial score (nSPS) is 21.4. The number of piperidine rings is 1. The zero-order chi connectivity index (χ0) is 18.1. The molecular weight excluding hydrogens is 316 g/mol. The van der Waals surface area contributed by atoms with Gasteiger partial charge in [-0.2, -0.15) is 5.26 Å². The highest BCUT2D eigenvalue weighted by Crippen LogP contribution is 2.28. The van der Waals surface area contributed by atoms with Gasteiger partial charge in [0, 0.05) is 25.9 Å². The number of hydrogen-bond acceptors (Lipinski definition) is 4. The highest BCUT2D eigenvalue weighted by atomic mass is 16.2. The van der Waals surface area contributed by atoms with Crippen LogP contribution in [0.15, 0.2) is 0 Å². The van der Waals surface area contributed by atoms with E-state index in [0.29, 0.717) is 31.6 Å². The van der Waals surface area contributed by atoms with Crippen LogP contribution in [0.5, 0.6) is 0 Å². The minimum Gasteiger partial charge on any atom is -0.370 e. The van der Waals surface area contributed by atoms with Crippen molar-refractivity contribution in [2.24, 2.45) is 11.7 Å². The predicted octanol–water partition coefficient (Wildman–Crippen LogP) is 2.09. The smallest absolute Gasteiger partial charge is 0.221 e. The Morgan fingerprint density at radius 3 is 2.44 bits per heavy atom. The second-order valence-corrected chi connectivity index (χ2v) is 7.70. The molecule has 1 aliphatic carbocycles. The first-order chi connectivity index (χ1) is 12.0. The van der Waals surface area contributed by atoms with Gasteiger partial charge in [0.05, 0.1) is 6.07 Å². The van der Waals surface area contributed by atoms with Crippen LogP contribution in [0.2, 0.25) is 0 Å². The van der Waals surface area contributed by atoms with Gasteiger partial charge in [0.1, 0.15) is 5.54 Å². The summed E-state index contributed by atoms with van der Waals surface area (Å²) in [6, 6.07) is 2.35. The Labute approximate surface area is 151 Å². The molecule has 0 atom stereocenters. The number of nitrogens with one attached hydrogen (secondary N) is 1. The van der Waals surface area contributed by atoms with Crippen molar-refractivity contribution in [3.8, 4) is 6.07 Å². The van der Waals surface area contributed by atoms with Crippen molar-refractivity contribution in [2.45, 2.75) is 76.2 Å². The summed E-state index contributed by atoms with van der Waals surface area (Å²) in [6.45, 7) is 2.37. The maximum absolute atomic E-state index is 12.3. The van der Waals surface area contributed by atoms with Crippen molar-refractivity contribution >= 4 is 11.8 Å². The second kappa shape index (κ2) is 9.76. The van der Waals surface area contributed by atoms with Gasteiger partial charge in [-0.05, 0) is 38.1 Å². The Morgan fingerprint density at radius 1 is 1.16 bits per heavy atom. The highest BCUT2D eigenvalue weighted by molar-refractivity contribution is 5.77. The van der Waals surface area contributed by atoms with Crippen LogP contribution in [0.4, 0.5) is 0 Å². The summed E-state index contributed by atoms with van der Waals surface area (Å²) in [5, 5.41) is 12.6. The molecule has 3 N–H and O–H groups in total. The van der Waals surface area contributed by atoms with Crippen LogP contribution >= 0.6 is 0 Å². The molecule has 2 rings (SSSR count). The SMILES string of the molecule is N#CC1(NC(=O)CCC2CCCCC2)CCN(CCCC(N)=O)CC1. The molecule has 1 saturated heterocycles. The average Bonchev–Trinajstić information content (AvgIpc) is 2.62. The van der Waals surface area contributed by atoms with E-state index in [9.17, 15) is 14.9 Å². The maximum Gasteiger partial charge on any atom is 0.221 e. The predicted molar refractivity (Wildman–Crippen MR) is 96.4 cm³/mol. The van der Waals surface area contributed by atoms with E-state index in [1.807, 2.05) is 0 Å². The van der Waals surface area contributed by atoms with Crippen molar-refractivity contribution in [3.05, 3.63) is 0 Å². The zero-order valence-corrected chi connectivity index (χ0v) is 15.3. The summed E-state index contributed by atoms with van der Waals surface area (Å²) in [5.41, 5.74) is 4.44. The summed E-state index contributed by atoms with van der Waals surface area (Å²) in [4.78, 5) is 25.4. The Morgan fingerprint density at radius 2 is 1.84 bits per heavy atom. The number of amides is 2. The van der Waals surface area contributed by atoms with E-state index in [1.165, 1.54) is 32.1 Å². The van der Waals surface area contributed by atoms with Gasteiger partial charge in [-0.1, -0.05) is 32.1 Å². The van der Waals surface area contributed by atoms with E-state index in [1.54, 1.807) is 0 Å². The first-order valence-corrected chi connectivity index (χ1v) is 9.76.